The van der Waals surface area contributed by atoms with Gasteiger partial charge in [-0.25, -0.2) is 0 Å². The Morgan fingerprint density at radius 2 is 2.25 bits per heavy atom. The Morgan fingerprint density at radius 1 is 1.45 bits per heavy atom. The van der Waals surface area contributed by atoms with E-state index in [2.05, 4.69) is 41.6 Å². The van der Waals surface area contributed by atoms with E-state index in [-0.39, 0.29) is 6.04 Å². The van der Waals surface area contributed by atoms with Crippen molar-refractivity contribution in [2.24, 2.45) is 0 Å². The van der Waals surface area contributed by atoms with Crippen LogP contribution in [-0.4, -0.2) is 16.8 Å². The summed E-state index contributed by atoms with van der Waals surface area (Å²) in [6, 6.07) is 8.95. The molecule has 0 saturated heterocycles. The Labute approximate surface area is 124 Å². The molecule has 2 aromatic rings. The minimum absolute atomic E-state index is 0.216. The summed E-state index contributed by atoms with van der Waals surface area (Å²) in [5, 5.41) is 8.59. The highest BCUT2D eigenvalue weighted by atomic mass is 35.5. The van der Waals surface area contributed by atoms with Gasteiger partial charge in [0.1, 0.15) is 0 Å². The minimum Gasteiger partial charge on any atom is -0.311 e. The molecule has 0 bridgehead atoms. The molecule has 0 fully saturated rings. The predicted octanol–water partition coefficient (Wildman–Crippen LogP) is 3.55. The third kappa shape index (κ3) is 2.15. The van der Waals surface area contributed by atoms with E-state index in [1.165, 1.54) is 11.1 Å². The van der Waals surface area contributed by atoms with Gasteiger partial charge in [0.2, 0.25) is 0 Å². The summed E-state index contributed by atoms with van der Waals surface area (Å²) in [6.07, 6.45) is 4.07. The molecule has 1 heterocycles. The molecule has 2 unspecified atom stereocenters. The van der Waals surface area contributed by atoms with E-state index in [9.17, 15) is 0 Å². The van der Waals surface area contributed by atoms with E-state index < -0.39 is 0 Å². The number of likely N-dealkylation sites (N-methyl/N-ethyl adjacent to an activating group) is 1. The molecule has 2 atom stereocenters. The lowest BCUT2D eigenvalue weighted by molar-refractivity contribution is 0.438. The van der Waals surface area contributed by atoms with Crippen LogP contribution < -0.4 is 5.32 Å². The number of hydrogen-bond donors (Lipinski definition) is 1. The van der Waals surface area contributed by atoms with Crippen LogP contribution in [0.25, 0.3) is 0 Å². The molecule has 4 heteroatoms. The van der Waals surface area contributed by atoms with Gasteiger partial charge < -0.3 is 5.32 Å². The molecule has 1 aliphatic rings. The average Bonchev–Trinajstić information content (AvgIpc) is 3.06. The van der Waals surface area contributed by atoms with E-state index in [0.717, 1.165) is 30.1 Å². The van der Waals surface area contributed by atoms with Crippen LogP contribution >= 0.6 is 11.6 Å². The fourth-order valence-electron chi connectivity index (χ4n) is 3.40. The zero-order chi connectivity index (χ0) is 14.1. The molecule has 1 N–H and O–H groups in total. The van der Waals surface area contributed by atoms with E-state index in [0.29, 0.717) is 5.92 Å². The predicted molar refractivity (Wildman–Crippen MR) is 82.2 cm³/mol. The summed E-state index contributed by atoms with van der Waals surface area (Å²) in [6.45, 7) is 2.94. The number of nitrogens with one attached hydrogen (secondary N) is 1. The lowest BCUT2D eigenvalue weighted by atomic mass is 9.91. The van der Waals surface area contributed by atoms with Crippen molar-refractivity contribution in [1.82, 2.24) is 15.1 Å². The van der Waals surface area contributed by atoms with Crippen LogP contribution in [0.5, 0.6) is 0 Å². The second-order valence-corrected chi connectivity index (χ2v) is 5.71. The first-order chi connectivity index (χ1) is 9.76. The summed E-state index contributed by atoms with van der Waals surface area (Å²) in [5.41, 5.74) is 4.03. The molecule has 20 heavy (non-hydrogen) atoms. The standard InChI is InChI=1S/C16H20ClN3/c1-3-20-16(14(17)10-19-20)15(18-2)13-9-8-11-6-4-5-7-12(11)13/h4-7,10,13,15,18H,3,8-9H2,1-2H3. The fourth-order valence-corrected chi connectivity index (χ4v) is 3.66. The topological polar surface area (TPSA) is 29.9 Å². The maximum Gasteiger partial charge on any atom is 0.0834 e. The molecule has 1 aromatic carbocycles. The first kappa shape index (κ1) is 13.7. The smallest absolute Gasteiger partial charge is 0.0834 e. The maximum absolute atomic E-state index is 6.38. The summed E-state index contributed by atoms with van der Waals surface area (Å²) >= 11 is 6.38. The molecular formula is C16H20ClN3. The molecule has 0 spiro atoms. The molecule has 0 radical (unpaired) electrons. The normalized spacial score (nSPS) is 19.1. The maximum atomic E-state index is 6.38. The van der Waals surface area contributed by atoms with Crippen molar-refractivity contribution in [2.45, 2.75) is 38.3 Å². The highest BCUT2D eigenvalue weighted by molar-refractivity contribution is 6.31. The minimum atomic E-state index is 0.216. The molecule has 3 nitrogen and oxygen atoms in total. The average molecular weight is 290 g/mol. The number of fused-ring (bicyclic) bond motifs is 1. The van der Waals surface area contributed by atoms with Crippen molar-refractivity contribution in [3.8, 4) is 0 Å². The SMILES string of the molecule is CCn1ncc(Cl)c1C(NC)C1CCc2ccccc21. The van der Waals surface area contributed by atoms with Gasteiger partial charge in [-0.1, -0.05) is 35.9 Å². The number of rotatable bonds is 4. The number of halogens is 1. The summed E-state index contributed by atoms with van der Waals surface area (Å²) in [5.74, 6) is 0.468. The molecule has 1 aromatic heterocycles. The van der Waals surface area contributed by atoms with Gasteiger partial charge in [0.15, 0.2) is 0 Å². The number of nitrogens with zero attached hydrogens (tertiary/aromatic N) is 2. The summed E-state index contributed by atoms with van der Waals surface area (Å²) in [4.78, 5) is 0. The van der Waals surface area contributed by atoms with Crippen molar-refractivity contribution < 1.29 is 0 Å². The van der Waals surface area contributed by atoms with Crippen LogP contribution in [0.4, 0.5) is 0 Å². The highest BCUT2D eigenvalue weighted by Crippen LogP contribution is 2.42. The summed E-state index contributed by atoms with van der Waals surface area (Å²) < 4.78 is 2.00. The quantitative estimate of drug-likeness (QED) is 0.933. The van der Waals surface area contributed by atoms with Crippen LogP contribution in [0, 0.1) is 0 Å². The Morgan fingerprint density at radius 3 is 3.00 bits per heavy atom. The van der Waals surface area contributed by atoms with E-state index in [1.807, 2.05) is 11.7 Å². The van der Waals surface area contributed by atoms with Crippen molar-refractivity contribution in [3.05, 3.63) is 52.3 Å². The van der Waals surface area contributed by atoms with Gasteiger partial charge in [0.25, 0.3) is 0 Å². The molecular weight excluding hydrogens is 270 g/mol. The van der Waals surface area contributed by atoms with Gasteiger partial charge >= 0.3 is 0 Å². The van der Waals surface area contributed by atoms with Gasteiger partial charge in [0, 0.05) is 12.5 Å². The summed E-state index contributed by atoms with van der Waals surface area (Å²) in [7, 11) is 2.01. The first-order valence-corrected chi connectivity index (χ1v) is 7.60. The third-order valence-corrected chi connectivity index (χ3v) is 4.61. The third-order valence-electron chi connectivity index (χ3n) is 4.32. The number of benzene rings is 1. The molecule has 0 aliphatic heterocycles. The number of aryl methyl sites for hydroxylation is 2. The highest BCUT2D eigenvalue weighted by Gasteiger charge is 2.32. The van der Waals surface area contributed by atoms with Gasteiger partial charge in [-0.15, -0.1) is 0 Å². The van der Waals surface area contributed by atoms with Crippen molar-refractivity contribution in [3.63, 3.8) is 0 Å². The monoisotopic (exact) mass is 289 g/mol. The lowest BCUT2D eigenvalue weighted by Crippen LogP contribution is -2.26. The Bertz CT molecular complexity index is 606. The van der Waals surface area contributed by atoms with Gasteiger partial charge in [0.05, 0.1) is 23.0 Å². The van der Waals surface area contributed by atoms with Gasteiger partial charge in [-0.05, 0) is 37.9 Å². The fraction of sp³-hybridized carbons (Fsp3) is 0.438. The Balaban J connectivity index is 2.01. The zero-order valence-electron chi connectivity index (χ0n) is 11.9. The molecule has 0 amide bonds. The lowest BCUT2D eigenvalue weighted by Gasteiger charge is -2.25. The molecule has 106 valence electrons. The van der Waals surface area contributed by atoms with Gasteiger partial charge in [-0.2, -0.15) is 5.10 Å². The molecule has 1 aliphatic carbocycles. The Hall–Kier alpha value is -1.32. The Kier molecular flexibility index (Phi) is 3.81. The van der Waals surface area contributed by atoms with Crippen LogP contribution in [0.2, 0.25) is 5.02 Å². The molecule has 0 saturated carbocycles. The molecule has 3 rings (SSSR count). The van der Waals surface area contributed by atoms with E-state index in [4.69, 9.17) is 11.6 Å². The van der Waals surface area contributed by atoms with Crippen LogP contribution in [0.15, 0.2) is 30.5 Å². The van der Waals surface area contributed by atoms with Crippen LogP contribution in [0.1, 0.15) is 42.1 Å². The van der Waals surface area contributed by atoms with Crippen molar-refractivity contribution in [2.75, 3.05) is 7.05 Å². The second-order valence-electron chi connectivity index (χ2n) is 5.30. The van der Waals surface area contributed by atoms with Crippen LogP contribution in [0.3, 0.4) is 0 Å². The van der Waals surface area contributed by atoms with Crippen LogP contribution in [-0.2, 0) is 13.0 Å². The number of hydrogen-bond acceptors (Lipinski definition) is 2. The zero-order valence-corrected chi connectivity index (χ0v) is 12.7. The second kappa shape index (κ2) is 5.58. The largest absolute Gasteiger partial charge is 0.311 e. The van der Waals surface area contributed by atoms with E-state index in [1.54, 1.807) is 6.20 Å². The first-order valence-electron chi connectivity index (χ1n) is 7.22. The van der Waals surface area contributed by atoms with Gasteiger partial charge in [-0.3, -0.25) is 4.68 Å². The van der Waals surface area contributed by atoms with E-state index >= 15 is 0 Å². The van der Waals surface area contributed by atoms with Crippen molar-refractivity contribution >= 4 is 11.6 Å². The van der Waals surface area contributed by atoms with Crippen molar-refractivity contribution in [1.29, 1.82) is 0 Å². The number of aromatic nitrogens is 2.